The summed E-state index contributed by atoms with van der Waals surface area (Å²) in [6, 6.07) is 9.82. The molecule has 0 bridgehead atoms. The molecule has 0 saturated heterocycles. The Morgan fingerprint density at radius 1 is 1.23 bits per heavy atom. The van der Waals surface area contributed by atoms with Gasteiger partial charge in [0.25, 0.3) is 0 Å². The number of ketones is 1. The number of Topliss-reactive ketones (excluding diaryl/α,β-unsaturated/α-hetero) is 1. The van der Waals surface area contributed by atoms with Crippen LogP contribution in [0, 0.1) is 0 Å². The van der Waals surface area contributed by atoms with Crippen LogP contribution in [0.2, 0.25) is 0 Å². The van der Waals surface area contributed by atoms with Crippen molar-refractivity contribution >= 4 is 5.78 Å². The summed E-state index contributed by atoms with van der Waals surface area (Å²) in [5.41, 5.74) is 1.10. The van der Waals surface area contributed by atoms with E-state index >= 15 is 0 Å². The minimum atomic E-state index is 0.0381. The SMILES string of the molecule is CC(=O)C(C)c1ccccc1.OO. The second-order valence-corrected chi connectivity index (χ2v) is 2.74. The molecule has 1 aromatic rings. The molecule has 0 aromatic heterocycles. The van der Waals surface area contributed by atoms with Crippen LogP contribution in [0.25, 0.3) is 0 Å². The lowest BCUT2D eigenvalue weighted by Crippen LogP contribution is -2.03. The molecule has 0 radical (unpaired) electrons. The Kier molecular flexibility index (Phi) is 5.76. The molecule has 0 aliphatic rings. The maximum absolute atomic E-state index is 10.9. The van der Waals surface area contributed by atoms with Gasteiger partial charge in [0.2, 0.25) is 0 Å². The highest BCUT2D eigenvalue weighted by Crippen LogP contribution is 2.14. The third-order valence-corrected chi connectivity index (χ3v) is 1.91. The van der Waals surface area contributed by atoms with Gasteiger partial charge in [-0.2, -0.15) is 0 Å². The van der Waals surface area contributed by atoms with Crippen molar-refractivity contribution in [3.63, 3.8) is 0 Å². The lowest BCUT2D eigenvalue weighted by Gasteiger charge is -2.05. The maximum Gasteiger partial charge on any atom is 0.136 e. The fourth-order valence-electron chi connectivity index (χ4n) is 0.976. The second kappa shape index (κ2) is 6.34. The standard InChI is InChI=1S/C10H12O.H2O2/c1-8(9(2)11)10-6-4-3-5-7-10;1-2/h3-8H,1-2H3;1-2H. The molecular formula is C10H14O3. The van der Waals surface area contributed by atoms with Crippen LogP contribution >= 0.6 is 0 Å². The van der Waals surface area contributed by atoms with Gasteiger partial charge in [0.1, 0.15) is 5.78 Å². The Bertz CT molecular complexity index is 244. The molecular weight excluding hydrogens is 168 g/mol. The van der Waals surface area contributed by atoms with Crippen molar-refractivity contribution in [1.82, 2.24) is 0 Å². The Labute approximate surface area is 77.6 Å². The van der Waals surface area contributed by atoms with Crippen molar-refractivity contribution in [2.24, 2.45) is 0 Å². The fourth-order valence-corrected chi connectivity index (χ4v) is 0.976. The zero-order valence-corrected chi connectivity index (χ0v) is 7.77. The van der Waals surface area contributed by atoms with Crippen molar-refractivity contribution in [1.29, 1.82) is 0 Å². The first-order valence-corrected chi connectivity index (χ1v) is 3.97. The van der Waals surface area contributed by atoms with Crippen molar-refractivity contribution < 1.29 is 15.3 Å². The lowest BCUT2D eigenvalue weighted by molar-refractivity contribution is -0.176. The van der Waals surface area contributed by atoms with Crippen LogP contribution in [0.5, 0.6) is 0 Å². The van der Waals surface area contributed by atoms with Crippen molar-refractivity contribution in [3.8, 4) is 0 Å². The normalized spacial score (nSPS) is 11.1. The topological polar surface area (TPSA) is 57.5 Å². The Balaban J connectivity index is 0.000000671. The highest BCUT2D eigenvalue weighted by atomic mass is 17.0. The molecule has 0 heterocycles. The van der Waals surface area contributed by atoms with Gasteiger partial charge in [0, 0.05) is 5.92 Å². The zero-order valence-electron chi connectivity index (χ0n) is 7.77. The number of benzene rings is 1. The van der Waals surface area contributed by atoms with E-state index in [-0.39, 0.29) is 11.7 Å². The zero-order chi connectivity index (χ0) is 10.3. The number of hydrogen-bond acceptors (Lipinski definition) is 3. The Morgan fingerprint density at radius 3 is 2.08 bits per heavy atom. The highest BCUT2D eigenvalue weighted by molar-refractivity contribution is 5.82. The minimum Gasteiger partial charge on any atom is -0.299 e. The van der Waals surface area contributed by atoms with E-state index < -0.39 is 0 Å². The van der Waals surface area contributed by atoms with Crippen molar-refractivity contribution in [2.45, 2.75) is 19.8 Å². The molecule has 1 unspecified atom stereocenters. The molecule has 1 aromatic carbocycles. The Morgan fingerprint density at radius 2 is 1.69 bits per heavy atom. The summed E-state index contributed by atoms with van der Waals surface area (Å²) >= 11 is 0. The van der Waals surface area contributed by atoms with Gasteiger partial charge in [-0.15, -0.1) is 0 Å². The third kappa shape index (κ3) is 3.83. The van der Waals surface area contributed by atoms with Crippen LogP contribution < -0.4 is 0 Å². The third-order valence-electron chi connectivity index (χ3n) is 1.91. The molecule has 0 amide bonds. The van der Waals surface area contributed by atoms with Crippen LogP contribution in [0.15, 0.2) is 30.3 Å². The van der Waals surface area contributed by atoms with E-state index in [1.807, 2.05) is 37.3 Å². The quantitative estimate of drug-likeness (QED) is 0.545. The first-order chi connectivity index (χ1) is 6.22. The summed E-state index contributed by atoms with van der Waals surface area (Å²) in [5.74, 6) is 0.257. The lowest BCUT2D eigenvalue weighted by atomic mass is 9.98. The molecule has 0 aliphatic heterocycles. The maximum atomic E-state index is 10.9. The molecule has 13 heavy (non-hydrogen) atoms. The van der Waals surface area contributed by atoms with E-state index in [4.69, 9.17) is 10.5 Å². The van der Waals surface area contributed by atoms with Gasteiger partial charge in [-0.05, 0) is 12.5 Å². The average molecular weight is 182 g/mol. The van der Waals surface area contributed by atoms with Gasteiger partial charge in [0.15, 0.2) is 0 Å². The second-order valence-electron chi connectivity index (χ2n) is 2.74. The fraction of sp³-hybridized carbons (Fsp3) is 0.300. The first-order valence-electron chi connectivity index (χ1n) is 3.97. The largest absolute Gasteiger partial charge is 0.299 e. The van der Waals surface area contributed by atoms with E-state index in [1.165, 1.54) is 0 Å². The van der Waals surface area contributed by atoms with Gasteiger partial charge >= 0.3 is 0 Å². The Hall–Kier alpha value is -1.19. The van der Waals surface area contributed by atoms with Crippen LogP contribution in [0.1, 0.15) is 25.3 Å². The summed E-state index contributed by atoms with van der Waals surface area (Å²) in [5, 5.41) is 12.0. The van der Waals surface area contributed by atoms with Gasteiger partial charge < -0.3 is 0 Å². The summed E-state index contributed by atoms with van der Waals surface area (Å²) in [4.78, 5) is 10.9. The molecule has 1 rings (SSSR count). The van der Waals surface area contributed by atoms with Crippen molar-refractivity contribution in [2.75, 3.05) is 0 Å². The molecule has 0 aliphatic carbocycles. The predicted molar refractivity (Wildman–Crippen MR) is 50.8 cm³/mol. The molecule has 3 nitrogen and oxygen atoms in total. The molecule has 1 atom stereocenters. The molecule has 2 N–H and O–H groups in total. The van der Waals surface area contributed by atoms with E-state index in [0.29, 0.717) is 0 Å². The molecule has 0 fully saturated rings. The monoisotopic (exact) mass is 182 g/mol. The van der Waals surface area contributed by atoms with Crippen LogP contribution in [-0.4, -0.2) is 16.3 Å². The van der Waals surface area contributed by atoms with Crippen LogP contribution in [0.3, 0.4) is 0 Å². The predicted octanol–water partition coefficient (Wildman–Crippen LogP) is 2.40. The number of rotatable bonds is 2. The van der Waals surface area contributed by atoms with Crippen LogP contribution in [0.4, 0.5) is 0 Å². The van der Waals surface area contributed by atoms with E-state index in [0.717, 1.165) is 5.56 Å². The molecule has 0 saturated carbocycles. The van der Waals surface area contributed by atoms with Gasteiger partial charge in [-0.3, -0.25) is 15.3 Å². The van der Waals surface area contributed by atoms with E-state index in [2.05, 4.69) is 0 Å². The summed E-state index contributed by atoms with van der Waals surface area (Å²) in [6.07, 6.45) is 0. The summed E-state index contributed by atoms with van der Waals surface area (Å²) < 4.78 is 0. The molecule has 0 spiro atoms. The molecule has 72 valence electrons. The highest BCUT2D eigenvalue weighted by Gasteiger charge is 2.08. The number of carbonyl (C=O) groups is 1. The number of carbonyl (C=O) groups excluding carboxylic acids is 1. The smallest absolute Gasteiger partial charge is 0.136 e. The summed E-state index contributed by atoms with van der Waals surface area (Å²) in [7, 11) is 0. The van der Waals surface area contributed by atoms with Gasteiger partial charge in [0.05, 0.1) is 0 Å². The van der Waals surface area contributed by atoms with E-state index in [9.17, 15) is 4.79 Å². The van der Waals surface area contributed by atoms with Crippen molar-refractivity contribution in [3.05, 3.63) is 35.9 Å². The van der Waals surface area contributed by atoms with Crippen LogP contribution in [-0.2, 0) is 4.79 Å². The summed E-state index contributed by atoms with van der Waals surface area (Å²) in [6.45, 7) is 3.55. The van der Waals surface area contributed by atoms with Gasteiger partial charge in [-0.25, -0.2) is 0 Å². The number of hydrogen-bond donors (Lipinski definition) is 2. The molecule has 3 heteroatoms. The minimum absolute atomic E-state index is 0.0381. The first kappa shape index (κ1) is 11.8. The van der Waals surface area contributed by atoms with E-state index in [1.54, 1.807) is 6.92 Å². The average Bonchev–Trinajstić information content (AvgIpc) is 2.21. The van der Waals surface area contributed by atoms with Gasteiger partial charge in [-0.1, -0.05) is 37.3 Å².